The molecular weight excluding hydrogens is 262 g/mol. The Labute approximate surface area is 117 Å². The van der Waals surface area contributed by atoms with Crippen molar-refractivity contribution in [2.75, 3.05) is 25.2 Å². The van der Waals surface area contributed by atoms with Gasteiger partial charge in [0.2, 0.25) is 0 Å². The van der Waals surface area contributed by atoms with Crippen LogP contribution in [-0.2, 0) is 9.53 Å². The van der Waals surface area contributed by atoms with Crippen LogP contribution in [0, 0.1) is 0 Å². The molecule has 0 fully saturated rings. The molecule has 0 bridgehead atoms. The van der Waals surface area contributed by atoms with Gasteiger partial charge in [0, 0.05) is 12.6 Å². The van der Waals surface area contributed by atoms with Gasteiger partial charge in [0.1, 0.15) is 12.4 Å². The summed E-state index contributed by atoms with van der Waals surface area (Å²) in [5, 5.41) is 8.75. The van der Waals surface area contributed by atoms with Crippen molar-refractivity contribution in [1.82, 2.24) is 0 Å². The van der Waals surface area contributed by atoms with E-state index >= 15 is 0 Å². The number of carboxylic acid groups (broad SMARTS) is 1. The number of anilines is 1. The average molecular weight is 279 g/mol. The number of carbonyl (C=O) groups is 2. The first-order chi connectivity index (χ1) is 9.58. The maximum Gasteiger partial charge on any atom is 0.414 e. The number of carbonyl (C=O) groups excluding carboxylic acids is 1. The van der Waals surface area contributed by atoms with Crippen LogP contribution in [0.2, 0.25) is 0 Å². The molecule has 0 aromatic heterocycles. The molecule has 0 saturated heterocycles. The van der Waals surface area contributed by atoms with E-state index < -0.39 is 12.1 Å². The Morgan fingerprint density at radius 2 is 2.20 bits per heavy atom. The van der Waals surface area contributed by atoms with E-state index in [-0.39, 0.29) is 19.6 Å². The Kier molecular flexibility index (Phi) is 6.09. The zero-order valence-corrected chi connectivity index (χ0v) is 11.2. The number of ether oxygens (including phenoxy) is 2. The van der Waals surface area contributed by atoms with E-state index in [0.717, 1.165) is 0 Å². The molecule has 0 atom stereocenters. The van der Waals surface area contributed by atoms with E-state index in [4.69, 9.17) is 14.6 Å². The molecular formula is C14H17NO5. The van der Waals surface area contributed by atoms with Crippen molar-refractivity contribution in [1.29, 1.82) is 0 Å². The van der Waals surface area contributed by atoms with Crippen molar-refractivity contribution in [3.63, 3.8) is 0 Å². The van der Waals surface area contributed by atoms with Crippen LogP contribution in [0.4, 0.5) is 10.5 Å². The van der Waals surface area contributed by atoms with Crippen molar-refractivity contribution in [3.05, 3.63) is 36.9 Å². The largest absolute Gasteiger partial charge is 0.497 e. The number of amides is 1. The minimum absolute atomic E-state index is 0.0124. The highest BCUT2D eigenvalue weighted by atomic mass is 16.6. The molecule has 108 valence electrons. The normalized spacial score (nSPS) is 9.65. The molecule has 1 amide bonds. The predicted octanol–water partition coefficient (Wildman–Crippen LogP) is 2.30. The average Bonchev–Trinajstić information content (AvgIpc) is 2.45. The van der Waals surface area contributed by atoms with Gasteiger partial charge < -0.3 is 14.6 Å². The lowest BCUT2D eigenvalue weighted by Gasteiger charge is -2.21. The lowest BCUT2D eigenvalue weighted by molar-refractivity contribution is -0.136. The standard InChI is InChI=1S/C14H17NO5/c1-3-9-20-14(18)15(8-7-13(16)17)11-5-4-6-12(10-11)19-2/h3-6,10H,1,7-9H2,2H3,(H,16,17). The minimum Gasteiger partial charge on any atom is -0.497 e. The fraction of sp³-hybridized carbons (Fsp3) is 0.286. The highest BCUT2D eigenvalue weighted by Gasteiger charge is 2.18. The summed E-state index contributed by atoms with van der Waals surface area (Å²) in [4.78, 5) is 23.9. The second kappa shape index (κ2) is 7.83. The van der Waals surface area contributed by atoms with Gasteiger partial charge >= 0.3 is 12.1 Å². The number of methoxy groups -OCH3 is 1. The van der Waals surface area contributed by atoms with Crippen LogP contribution in [0.5, 0.6) is 5.75 Å². The Morgan fingerprint density at radius 1 is 1.45 bits per heavy atom. The summed E-state index contributed by atoms with van der Waals surface area (Å²) in [7, 11) is 1.51. The second-order valence-electron chi connectivity index (χ2n) is 3.86. The number of hydrogen-bond acceptors (Lipinski definition) is 4. The van der Waals surface area contributed by atoms with Gasteiger partial charge in [0.05, 0.1) is 19.2 Å². The topological polar surface area (TPSA) is 76.1 Å². The lowest BCUT2D eigenvalue weighted by Crippen LogP contribution is -2.33. The zero-order chi connectivity index (χ0) is 15.0. The second-order valence-corrected chi connectivity index (χ2v) is 3.86. The summed E-state index contributed by atoms with van der Waals surface area (Å²) in [5.41, 5.74) is 0.514. The SMILES string of the molecule is C=CCOC(=O)N(CCC(=O)O)c1cccc(OC)c1. The van der Waals surface area contributed by atoms with Crippen LogP contribution in [0.1, 0.15) is 6.42 Å². The van der Waals surface area contributed by atoms with Crippen LogP contribution in [0.3, 0.4) is 0 Å². The third-order valence-electron chi connectivity index (χ3n) is 2.46. The predicted molar refractivity (Wildman–Crippen MR) is 74.1 cm³/mol. The zero-order valence-electron chi connectivity index (χ0n) is 11.2. The van der Waals surface area contributed by atoms with E-state index in [9.17, 15) is 9.59 Å². The molecule has 1 aromatic rings. The summed E-state index contributed by atoms with van der Waals surface area (Å²) in [5.74, 6) is -0.422. The van der Waals surface area contributed by atoms with Crippen molar-refractivity contribution in [2.24, 2.45) is 0 Å². The molecule has 6 nitrogen and oxygen atoms in total. The van der Waals surface area contributed by atoms with Gasteiger partial charge in [0.25, 0.3) is 0 Å². The molecule has 0 unspecified atom stereocenters. The van der Waals surface area contributed by atoms with E-state index in [1.165, 1.54) is 18.1 Å². The number of aliphatic carboxylic acids is 1. The molecule has 0 aliphatic carbocycles. The van der Waals surface area contributed by atoms with E-state index in [1.807, 2.05) is 0 Å². The molecule has 0 aliphatic heterocycles. The first-order valence-electron chi connectivity index (χ1n) is 5.99. The molecule has 0 spiro atoms. The summed E-state index contributed by atoms with van der Waals surface area (Å²) in [6.07, 6.45) is 0.638. The smallest absolute Gasteiger partial charge is 0.414 e. The summed E-state index contributed by atoms with van der Waals surface area (Å²) >= 11 is 0. The number of hydrogen-bond donors (Lipinski definition) is 1. The van der Waals surface area contributed by atoms with Gasteiger partial charge in [0.15, 0.2) is 0 Å². The quantitative estimate of drug-likeness (QED) is 0.775. The van der Waals surface area contributed by atoms with Crippen LogP contribution in [-0.4, -0.2) is 37.4 Å². The van der Waals surface area contributed by atoms with Gasteiger partial charge in [-0.3, -0.25) is 9.69 Å². The molecule has 0 heterocycles. The van der Waals surface area contributed by atoms with Crippen molar-refractivity contribution >= 4 is 17.7 Å². The molecule has 0 radical (unpaired) electrons. The molecule has 1 rings (SSSR count). The Hall–Kier alpha value is -2.50. The summed E-state index contributed by atoms with van der Waals surface area (Å²) in [6.45, 7) is 3.53. The molecule has 20 heavy (non-hydrogen) atoms. The van der Waals surface area contributed by atoms with Crippen molar-refractivity contribution in [3.8, 4) is 5.75 Å². The van der Waals surface area contributed by atoms with Crippen LogP contribution >= 0.6 is 0 Å². The van der Waals surface area contributed by atoms with Gasteiger partial charge in [-0.25, -0.2) is 4.79 Å². The maximum absolute atomic E-state index is 11.9. The molecule has 0 aliphatic rings. The summed E-state index contributed by atoms with van der Waals surface area (Å²) < 4.78 is 10.0. The third-order valence-corrected chi connectivity index (χ3v) is 2.46. The Morgan fingerprint density at radius 3 is 2.80 bits per heavy atom. The third kappa shape index (κ3) is 4.64. The molecule has 0 saturated carbocycles. The molecule has 6 heteroatoms. The highest BCUT2D eigenvalue weighted by Crippen LogP contribution is 2.22. The minimum atomic E-state index is -0.991. The van der Waals surface area contributed by atoms with E-state index in [2.05, 4.69) is 6.58 Å². The molecule has 1 aromatic carbocycles. The molecule has 1 N–H and O–H groups in total. The van der Waals surface area contributed by atoms with Gasteiger partial charge in [-0.15, -0.1) is 0 Å². The maximum atomic E-state index is 11.9. The van der Waals surface area contributed by atoms with Gasteiger partial charge in [-0.05, 0) is 12.1 Å². The fourth-order valence-electron chi connectivity index (χ4n) is 1.52. The first-order valence-corrected chi connectivity index (χ1v) is 5.99. The lowest BCUT2D eigenvalue weighted by atomic mass is 10.2. The highest BCUT2D eigenvalue weighted by molar-refractivity contribution is 5.88. The van der Waals surface area contributed by atoms with Crippen LogP contribution in [0.15, 0.2) is 36.9 Å². The number of benzene rings is 1. The monoisotopic (exact) mass is 279 g/mol. The van der Waals surface area contributed by atoms with Crippen LogP contribution < -0.4 is 9.64 Å². The van der Waals surface area contributed by atoms with Gasteiger partial charge in [-0.2, -0.15) is 0 Å². The number of carboxylic acids is 1. The number of rotatable bonds is 7. The Balaban J connectivity index is 2.92. The van der Waals surface area contributed by atoms with E-state index in [0.29, 0.717) is 11.4 Å². The Bertz CT molecular complexity index is 486. The van der Waals surface area contributed by atoms with Crippen molar-refractivity contribution < 1.29 is 24.2 Å². The summed E-state index contributed by atoms with van der Waals surface area (Å²) in [6, 6.07) is 6.76. The first kappa shape index (κ1) is 15.6. The van der Waals surface area contributed by atoms with Crippen molar-refractivity contribution in [2.45, 2.75) is 6.42 Å². The van der Waals surface area contributed by atoms with Crippen LogP contribution in [0.25, 0.3) is 0 Å². The number of nitrogens with zero attached hydrogens (tertiary/aromatic N) is 1. The fourth-order valence-corrected chi connectivity index (χ4v) is 1.52. The van der Waals surface area contributed by atoms with Gasteiger partial charge in [-0.1, -0.05) is 18.7 Å². The van der Waals surface area contributed by atoms with E-state index in [1.54, 1.807) is 24.3 Å².